The lowest BCUT2D eigenvalue weighted by Crippen LogP contribution is -2.35. The van der Waals surface area contributed by atoms with Gasteiger partial charge in [0.05, 0.1) is 13.2 Å². The molecule has 0 aliphatic rings. The second kappa shape index (κ2) is 37.3. The standard InChI is InChI=1S/C52H86NO4/c1-3-5-7-9-11-13-15-17-19-21-23-25-27-29-31-39-45-56-51(54)50(49(48-41-35-33-36-42-48)47-53-43-37-34-38-44-53)52(55)57-46-40-32-30-28-26-24-22-20-18-16-14-12-10-8-6-4-2/h33-38,41-44H,3-32,39-40,45-47H2,1-2H3/q+1. The van der Waals surface area contributed by atoms with E-state index in [0.717, 1.165) is 44.1 Å². The molecular formula is C52H86NO4+. The molecule has 0 bridgehead atoms. The first kappa shape index (κ1) is 50.2. The monoisotopic (exact) mass is 789 g/mol. The highest BCUT2D eigenvalue weighted by Crippen LogP contribution is 2.23. The normalized spacial score (nSPS) is 11.1. The van der Waals surface area contributed by atoms with Gasteiger partial charge in [-0.3, -0.25) is 0 Å². The Kier molecular flexibility index (Phi) is 32.9. The zero-order valence-corrected chi connectivity index (χ0v) is 37.1. The van der Waals surface area contributed by atoms with Gasteiger partial charge >= 0.3 is 11.9 Å². The Hall–Kier alpha value is -2.95. The zero-order chi connectivity index (χ0) is 40.7. The average molecular weight is 789 g/mol. The van der Waals surface area contributed by atoms with E-state index in [-0.39, 0.29) is 5.57 Å². The van der Waals surface area contributed by atoms with Gasteiger partial charge in [0.1, 0.15) is 0 Å². The number of nitrogens with zero attached hydrogens (tertiary/aromatic N) is 1. The molecule has 0 spiro atoms. The Morgan fingerprint density at radius 2 is 0.702 bits per heavy atom. The van der Waals surface area contributed by atoms with E-state index < -0.39 is 11.9 Å². The number of ether oxygens (including phenoxy) is 2. The molecule has 5 heteroatoms. The van der Waals surface area contributed by atoms with Crippen molar-refractivity contribution in [1.29, 1.82) is 0 Å². The molecule has 1 heterocycles. The number of hydrogen-bond acceptors (Lipinski definition) is 4. The van der Waals surface area contributed by atoms with Crippen LogP contribution in [0.1, 0.15) is 225 Å². The summed E-state index contributed by atoms with van der Waals surface area (Å²) < 4.78 is 13.6. The van der Waals surface area contributed by atoms with Crippen molar-refractivity contribution in [3.63, 3.8) is 0 Å². The lowest BCUT2D eigenvalue weighted by atomic mass is 9.99. The molecule has 0 amide bonds. The van der Waals surface area contributed by atoms with Gasteiger partial charge in [0.2, 0.25) is 0 Å². The van der Waals surface area contributed by atoms with Crippen LogP contribution in [0.5, 0.6) is 0 Å². The van der Waals surface area contributed by atoms with Gasteiger partial charge in [0.15, 0.2) is 24.5 Å². The number of rotatable bonds is 39. The average Bonchev–Trinajstić information content (AvgIpc) is 3.23. The van der Waals surface area contributed by atoms with Crippen LogP contribution in [0.2, 0.25) is 0 Å². The molecule has 0 saturated carbocycles. The third-order valence-electron chi connectivity index (χ3n) is 11.4. The summed E-state index contributed by atoms with van der Waals surface area (Å²) in [5, 5.41) is 0. The van der Waals surface area contributed by atoms with Crippen LogP contribution in [0.25, 0.3) is 5.57 Å². The molecule has 0 aliphatic carbocycles. The summed E-state index contributed by atoms with van der Waals surface area (Å²) in [6, 6.07) is 15.6. The molecular weight excluding hydrogens is 703 g/mol. The number of hydrogen-bond donors (Lipinski definition) is 0. The molecule has 0 saturated heterocycles. The minimum absolute atomic E-state index is 0.0190. The molecule has 0 radical (unpaired) electrons. The Morgan fingerprint density at radius 3 is 1.04 bits per heavy atom. The minimum Gasteiger partial charge on any atom is -0.462 e. The van der Waals surface area contributed by atoms with E-state index in [0.29, 0.717) is 25.3 Å². The predicted molar refractivity (Wildman–Crippen MR) is 241 cm³/mol. The first-order valence-corrected chi connectivity index (χ1v) is 24.2. The maximum absolute atomic E-state index is 13.7. The van der Waals surface area contributed by atoms with E-state index in [1.165, 1.54) is 167 Å². The molecule has 2 rings (SSSR count). The van der Waals surface area contributed by atoms with E-state index in [1.807, 2.05) is 65.5 Å². The Labute approximate surface area is 351 Å². The van der Waals surface area contributed by atoms with Crippen LogP contribution in [0.15, 0.2) is 66.5 Å². The lowest BCUT2D eigenvalue weighted by molar-refractivity contribution is -0.684. The number of esters is 2. The summed E-state index contributed by atoms with van der Waals surface area (Å²) in [5.74, 6) is -1.16. The fourth-order valence-corrected chi connectivity index (χ4v) is 7.78. The van der Waals surface area contributed by atoms with Crippen LogP contribution in [0.3, 0.4) is 0 Å². The molecule has 0 atom stereocenters. The summed E-state index contributed by atoms with van der Waals surface area (Å²) in [7, 11) is 0. The largest absolute Gasteiger partial charge is 0.462 e. The van der Waals surface area contributed by atoms with Crippen LogP contribution >= 0.6 is 0 Å². The van der Waals surface area contributed by atoms with E-state index in [1.54, 1.807) is 0 Å². The quantitative estimate of drug-likeness (QED) is 0.0169. The van der Waals surface area contributed by atoms with Crippen LogP contribution < -0.4 is 4.57 Å². The van der Waals surface area contributed by atoms with Gasteiger partial charge < -0.3 is 9.47 Å². The maximum Gasteiger partial charge on any atom is 0.346 e. The van der Waals surface area contributed by atoms with Crippen molar-refractivity contribution in [3.05, 3.63) is 72.1 Å². The van der Waals surface area contributed by atoms with Crippen molar-refractivity contribution in [2.75, 3.05) is 13.2 Å². The summed E-state index contributed by atoms with van der Waals surface area (Å²) in [6.07, 6.45) is 45.3. The minimum atomic E-state index is -0.580. The molecule has 0 N–H and O–H groups in total. The van der Waals surface area contributed by atoms with Crippen LogP contribution in [0.4, 0.5) is 0 Å². The Morgan fingerprint density at radius 1 is 0.404 bits per heavy atom. The smallest absolute Gasteiger partial charge is 0.346 e. The summed E-state index contributed by atoms with van der Waals surface area (Å²) in [5.41, 5.74) is 1.47. The molecule has 1 aromatic carbocycles. The van der Waals surface area contributed by atoms with Crippen molar-refractivity contribution in [1.82, 2.24) is 0 Å². The third kappa shape index (κ3) is 27.4. The van der Waals surface area contributed by atoms with Crippen molar-refractivity contribution in [2.45, 2.75) is 226 Å². The SMILES string of the molecule is CCCCCCCCCCCCCCCCCCOC(=O)C(C(=O)OCCCCCCCCCCCCCCCCCC)=C(C[n+]1ccccc1)c1ccccc1. The number of benzene rings is 1. The van der Waals surface area contributed by atoms with E-state index in [4.69, 9.17) is 9.47 Å². The Bertz CT molecular complexity index is 1190. The second-order valence-electron chi connectivity index (χ2n) is 16.6. The van der Waals surface area contributed by atoms with Crippen molar-refractivity contribution >= 4 is 17.5 Å². The van der Waals surface area contributed by atoms with Gasteiger partial charge in [0, 0.05) is 17.7 Å². The van der Waals surface area contributed by atoms with Crippen LogP contribution in [-0.4, -0.2) is 25.2 Å². The van der Waals surface area contributed by atoms with Gasteiger partial charge in [-0.1, -0.05) is 243 Å². The summed E-state index contributed by atoms with van der Waals surface area (Å²) in [4.78, 5) is 27.5. The van der Waals surface area contributed by atoms with Crippen molar-refractivity contribution in [2.24, 2.45) is 0 Å². The zero-order valence-electron chi connectivity index (χ0n) is 37.1. The molecule has 0 fully saturated rings. The maximum atomic E-state index is 13.7. The fraction of sp³-hybridized carbons (Fsp3) is 0.712. The van der Waals surface area contributed by atoms with Crippen LogP contribution in [-0.2, 0) is 25.6 Å². The third-order valence-corrected chi connectivity index (χ3v) is 11.4. The number of aromatic nitrogens is 1. The summed E-state index contributed by atoms with van der Waals surface area (Å²) >= 11 is 0. The molecule has 1 aromatic heterocycles. The van der Waals surface area contributed by atoms with E-state index in [2.05, 4.69) is 13.8 Å². The van der Waals surface area contributed by atoms with Crippen molar-refractivity contribution < 1.29 is 23.6 Å². The predicted octanol–water partition coefficient (Wildman–Crippen LogP) is 15.0. The molecule has 0 aliphatic heterocycles. The highest BCUT2D eigenvalue weighted by atomic mass is 16.6. The van der Waals surface area contributed by atoms with Crippen LogP contribution in [0, 0.1) is 0 Å². The van der Waals surface area contributed by atoms with Gasteiger partial charge in [-0.2, -0.15) is 0 Å². The highest BCUT2D eigenvalue weighted by molar-refractivity contribution is 6.19. The molecule has 0 unspecified atom stereocenters. The number of unbranched alkanes of at least 4 members (excludes halogenated alkanes) is 30. The molecule has 57 heavy (non-hydrogen) atoms. The van der Waals surface area contributed by atoms with E-state index in [9.17, 15) is 9.59 Å². The number of carbonyl (C=O) groups is 2. The fourth-order valence-electron chi connectivity index (χ4n) is 7.78. The van der Waals surface area contributed by atoms with Gasteiger partial charge in [-0.05, 0) is 18.4 Å². The number of pyridine rings is 1. The molecule has 2 aromatic rings. The number of allylic oxidation sites excluding steroid dienone is 1. The first-order chi connectivity index (χ1) is 28.2. The molecule has 5 nitrogen and oxygen atoms in total. The van der Waals surface area contributed by atoms with Gasteiger partial charge in [0.25, 0.3) is 0 Å². The topological polar surface area (TPSA) is 56.5 Å². The van der Waals surface area contributed by atoms with Crippen molar-refractivity contribution in [3.8, 4) is 0 Å². The summed E-state index contributed by atoms with van der Waals surface area (Å²) in [6.45, 7) is 5.55. The Balaban J connectivity index is 1.74. The molecule has 322 valence electrons. The van der Waals surface area contributed by atoms with Gasteiger partial charge in [-0.25, -0.2) is 14.2 Å². The van der Waals surface area contributed by atoms with E-state index >= 15 is 0 Å². The number of carbonyl (C=O) groups excluding carboxylic acids is 2. The first-order valence-electron chi connectivity index (χ1n) is 24.2. The van der Waals surface area contributed by atoms with Gasteiger partial charge in [-0.15, -0.1) is 0 Å². The lowest BCUT2D eigenvalue weighted by Gasteiger charge is -2.14. The second-order valence-corrected chi connectivity index (χ2v) is 16.6. The highest BCUT2D eigenvalue weighted by Gasteiger charge is 2.29.